The van der Waals surface area contributed by atoms with Crippen LogP contribution in [0.2, 0.25) is 0 Å². The van der Waals surface area contributed by atoms with Crippen LogP contribution in [0.15, 0.2) is 12.2 Å². The van der Waals surface area contributed by atoms with Gasteiger partial charge in [-0.05, 0) is 32.1 Å². The molecule has 0 spiro atoms. The third-order valence-corrected chi connectivity index (χ3v) is 4.90. The molecule has 0 heterocycles. The molecule has 2 heteroatoms. The Balaban J connectivity index is 3.06. The molecule has 148 valence electrons. The zero-order valence-electron chi connectivity index (χ0n) is 16.9. The van der Waals surface area contributed by atoms with Crippen LogP contribution in [0.4, 0.5) is 0 Å². The molecule has 0 aromatic rings. The molecule has 0 aromatic heterocycles. The maximum Gasteiger partial charge on any atom is 0.303 e. The highest BCUT2D eigenvalue weighted by Crippen LogP contribution is 2.12. The Labute approximate surface area is 157 Å². The number of rotatable bonds is 20. The van der Waals surface area contributed by atoms with E-state index >= 15 is 0 Å². The number of unbranched alkanes of at least 4 members (excludes halogenated alkanes) is 16. The first-order valence-electron chi connectivity index (χ1n) is 11.1. The summed E-state index contributed by atoms with van der Waals surface area (Å²) >= 11 is 0. The van der Waals surface area contributed by atoms with Gasteiger partial charge in [-0.25, -0.2) is 0 Å². The Morgan fingerprint density at radius 3 is 1.36 bits per heavy atom. The summed E-state index contributed by atoms with van der Waals surface area (Å²) < 4.78 is 0. The lowest BCUT2D eigenvalue weighted by atomic mass is 10.0. The van der Waals surface area contributed by atoms with Crippen LogP contribution in [0.3, 0.4) is 0 Å². The predicted octanol–water partition coefficient (Wildman–Crippen LogP) is 8.06. The molecule has 0 amide bonds. The molecule has 0 saturated carbocycles. The van der Waals surface area contributed by atoms with Gasteiger partial charge in [0.1, 0.15) is 0 Å². The van der Waals surface area contributed by atoms with E-state index in [4.69, 9.17) is 5.11 Å². The van der Waals surface area contributed by atoms with Gasteiger partial charge in [-0.2, -0.15) is 0 Å². The first kappa shape index (κ1) is 24.2. The molecule has 0 aromatic carbocycles. The van der Waals surface area contributed by atoms with E-state index in [1.807, 2.05) is 0 Å². The molecule has 1 N–H and O–H groups in total. The van der Waals surface area contributed by atoms with Crippen molar-refractivity contribution in [1.29, 1.82) is 0 Å². The van der Waals surface area contributed by atoms with Crippen molar-refractivity contribution < 1.29 is 9.90 Å². The average molecular weight is 353 g/mol. The van der Waals surface area contributed by atoms with Crippen LogP contribution in [-0.2, 0) is 4.79 Å². The molecular weight excluding hydrogens is 308 g/mol. The summed E-state index contributed by atoms with van der Waals surface area (Å²) in [7, 11) is 0. The third kappa shape index (κ3) is 23.2. The fraction of sp³-hybridized carbons (Fsp3) is 0.870. The van der Waals surface area contributed by atoms with Gasteiger partial charge in [0.25, 0.3) is 0 Å². The van der Waals surface area contributed by atoms with Gasteiger partial charge in [-0.15, -0.1) is 0 Å². The van der Waals surface area contributed by atoms with Crippen molar-refractivity contribution in [1.82, 2.24) is 0 Å². The summed E-state index contributed by atoms with van der Waals surface area (Å²) in [5, 5.41) is 8.56. The van der Waals surface area contributed by atoms with Crippen LogP contribution < -0.4 is 0 Å². The average Bonchev–Trinajstić information content (AvgIpc) is 2.60. The zero-order valence-corrected chi connectivity index (χ0v) is 16.9. The summed E-state index contributed by atoms with van der Waals surface area (Å²) in [6.45, 7) is 2.27. The van der Waals surface area contributed by atoms with Gasteiger partial charge in [0.2, 0.25) is 0 Å². The summed E-state index contributed by atoms with van der Waals surface area (Å²) in [4.78, 5) is 10.4. The molecule has 0 aliphatic carbocycles. The number of hydrogen-bond acceptors (Lipinski definition) is 1. The Bertz CT molecular complexity index is 296. The lowest BCUT2D eigenvalue weighted by Crippen LogP contribution is -1.93. The van der Waals surface area contributed by atoms with E-state index in [2.05, 4.69) is 19.1 Å². The van der Waals surface area contributed by atoms with Crippen LogP contribution in [-0.4, -0.2) is 11.1 Å². The lowest BCUT2D eigenvalue weighted by Gasteiger charge is -2.02. The number of carbonyl (C=O) groups is 1. The first-order chi connectivity index (χ1) is 12.3. The highest BCUT2D eigenvalue weighted by molar-refractivity contribution is 5.66. The van der Waals surface area contributed by atoms with Gasteiger partial charge >= 0.3 is 5.97 Å². The number of carboxylic acids is 1. The minimum absolute atomic E-state index is 0.341. The lowest BCUT2D eigenvalue weighted by molar-refractivity contribution is -0.137. The van der Waals surface area contributed by atoms with Crippen LogP contribution in [0.25, 0.3) is 0 Å². The molecule has 0 aliphatic heterocycles. The number of hydrogen-bond donors (Lipinski definition) is 1. The van der Waals surface area contributed by atoms with Crippen LogP contribution in [0.5, 0.6) is 0 Å². The van der Waals surface area contributed by atoms with Gasteiger partial charge in [-0.3, -0.25) is 4.79 Å². The Morgan fingerprint density at radius 1 is 0.600 bits per heavy atom. The predicted molar refractivity (Wildman–Crippen MR) is 110 cm³/mol. The van der Waals surface area contributed by atoms with Gasteiger partial charge < -0.3 is 5.11 Å². The molecule has 0 saturated heterocycles. The highest BCUT2D eigenvalue weighted by Gasteiger charge is 1.96. The normalized spacial score (nSPS) is 11.4. The second-order valence-electron chi connectivity index (χ2n) is 7.50. The molecule has 0 bridgehead atoms. The van der Waals surface area contributed by atoms with E-state index in [-0.39, 0.29) is 0 Å². The minimum atomic E-state index is -0.655. The van der Waals surface area contributed by atoms with Crippen molar-refractivity contribution in [2.75, 3.05) is 0 Å². The van der Waals surface area contributed by atoms with Crippen molar-refractivity contribution in [3.63, 3.8) is 0 Å². The van der Waals surface area contributed by atoms with Gasteiger partial charge in [0.15, 0.2) is 0 Å². The molecule has 2 nitrogen and oxygen atoms in total. The standard InChI is InChI=1S/C23H44O2/c1-2-3-4-5-6-7-8-9-10-11-12-13-14-15-16-17-18-19-20-21-22-23(24)25/h9-10H,2-8,11-22H2,1H3,(H,24,25)/b10-9+. The van der Waals surface area contributed by atoms with Crippen molar-refractivity contribution in [2.24, 2.45) is 0 Å². The summed E-state index contributed by atoms with van der Waals surface area (Å²) in [5.41, 5.74) is 0. The van der Waals surface area contributed by atoms with E-state index < -0.39 is 5.97 Å². The molecule has 0 fully saturated rings. The summed E-state index contributed by atoms with van der Waals surface area (Å²) in [6, 6.07) is 0. The largest absolute Gasteiger partial charge is 0.481 e. The monoisotopic (exact) mass is 352 g/mol. The van der Waals surface area contributed by atoms with Crippen molar-refractivity contribution in [3.05, 3.63) is 12.2 Å². The maximum absolute atomic E-state index is 10.4. The Hall–Kier alpha value is -0.790. The fourth-order valence-electron chi connectivity index (χ4n) is 3.23. The molecule has 0 radical (unpaired) electrons. The summed E-state index contributed by atoms with van der Waals surface area (Å²) in [5.74, 6) is -0.655. The Morgan fingerprint density at radius 2 is 0.960 bits per heavy atom. The SMILES string of the molecule is CCCCCCCC/C=C/CCCCCCCCCCCCC(=O)O. The second kappa shape index (κ2) is 21.3. The molecule has 0 unspecified atom stereocenters. The number of carboxylic acid groups (broad SMARTS) is 1. The van der Waals surface area contributed by atoms with Crippen molar-refractivity contribution >= 4 is 5.97 Å². The number of allylic oxidation sites excluding steroid dienone is 2. The molecule has 25 heavy (non-hydrogen) atoms. The van der Waals surface area contributed by atoms with Gasteiger partial charge in [-0.1, -0.05) is 103 Å². The Kier molecular flexibility index (Phi) is 20.6. The number of aliphatic carboxylic acids is 1. The zero-order chi connectivity index (χ0) is 18.4. The van der Waals surface area contributed by atoms with Crippen LogP contribution >= 0.6 is 0 Å². The minimum Gasteiger partial charge on any atom is -0.481 e. The first-order valence-corrected chi connectivity index (χ1v) is 11.1. The highest BCUT2D eigenvalue weighted by atomic mass is 16.4. The molecular formula is C23H44O2. The van der Waals surface area contributed by atoms with Crippen molar-refractivity contribution in [3.8, 4) is 0 Å². The van der Waals surface area contributed by atoms with E-state index in [1.165, 1.54) is 103 Å². The van der Waals surface area contributed by atoms with E-state index in [0.29, 0.717) is 6.42 Å². The fourth-order valence-corrected chi connectivity index (χ4v) is 3.23. The van der Waals surface area contributed by atoms with E-state index in [0.717, 1.165) is 12.8 Å². The van der Waals surface area contributed by atoms with Gasteiger partial charge in [0, 0.05) is 6.42 Å². The quantitative estimate of drug-likeness (QED) is 0.178. The topological polar surface area (TPSA) is 37.3 Å². The smallest absolute Gasteiger partial charge is 0.303 e. The van der Waals surface area contributed by atoms with Crippen LogP contribution in [0, 0.1) is 0 Å². The van der Waals surface area contributed by atoms with Crippen LogP contribution in [0.1, 0.15) is 129 Å². The maximum atomic E-state index is 10.4. The third-order valence-electron chi connectivity index (χ3n) is 4.90. The van der Waals surface area contributed by atoms with E-state index in [9.17, 15) is 4.79 Å². The van der Waals surface area contributed by atoms with Crippen molar-refractivity contribution in [2.45, 2.75) is 129 Å². The second-order valence-corrected chi connectivity index (χ2v) is 7.50. The summed E-state index contributed by atoms with van der Waals surface area (Å²) in [6.07, 6.45) is 28.6. The van der Waals surface area contributed by atoms with Gasteiger partial charge in [0.05, 0.1) is 0 Å². The molecule has 0 atom stereocenters. The molecule has 0 aliphatic rings. The van der Waals surface area contributed by atoms with E-state index in [1.54, 1.807) is 0 Å². The molecule has 0 rings (SSSR count).